The Labute approximate surface area is 133 Å². The highest BCUT2D eigenvalue weighted by atomic mass is 16.2. The predicted octanol–water partition coefficient (Wildman–Crippen LogP) is 1.40. The van der Waals surface area contributed by atoms with Crippen molar-refractivity contribution >= 4 is 16.8 Å². The monoisotopic (exact) mass is 310 g/mol. The highest BCUT2D eigenvalue weighted by Gasteiger charge is 2.07. The van der Waals surface area contributed by atoms with Crippen molar-refractivity contribution in [1.29, 1.82) is 0 Å². The largest absolute Gasteiger partial charge is 0.354 e. The van der Waals surface area contributed by atoms with Crippen LogP contribution in [0.25, 0.3) is 10.9 Å². The molecule has 23 heavy (non-hydrogen) atoms. The second-order valence-electron chi connectivity index (χ2n) is 5.32. The zero-order valence-electron chi connectivity index (χ0n) is 12.7. The van der Waals surface area contributed by atoms with E-state index >= 15 is 0 Å². The summed E-state index contributed by atoms with van der Waals surface area (Å²) < 4.78 is 3.40. The quantitative estimate of drug-likeness (QED) is 0.700. The van der Waals surface area contributed by atoms with Gasteiger partial charge < -0.3 is 9.88 Å². The van der Waals surface area contributed by atoms with E-state index in [1.54, 1.807) is 18.2 Å². The number of carbonyl (C=O) groups is 1. The van der Waals surface area contributed by atoms with Crippen LogP contribution in [0, 0.1) is 0 Å². The van der Waals surface area contributed by atoms with Crippen molar-refractivity contribution in [3.63, 3.8) is 0 Å². The number of benzene rings is 1. The molecule has 0 saturated carbocycles. The number of nitrogens with one attached hydrogen (secondary N) is 1. The maximum Gasteiger partial charge on any atom is 0.261 e. The van der Waals surface area contributed by atoms with Crippen molar-refractivity contribution < 1.29 is 4.79 Å². The molecule has 2 heterocycles. The molecule has 1 aromatic carbocycles. The Balaban J connectivity index is 1.55. The molecule has 118 valence electrons. The first kappa shape index (κ1) is 15.0. The predicted molar refractivity (Wildman–Crippen MR) is 88.1 cm³/mol. The molecule has 6 nitrogen and oxygen atoms in total. The Morgan fingerprint density at radius 3 is 2.74 bits per heavy atom. The average Bonchev–Trinajstić information content (AvgIpc) is 3.08. The van der Waals surface area contributed by atoms with Crippen LogP contribution in [0.2, 0.25) is 0 Å². The third-order valence-electron chi connectivity index (χ3n) is 3.63. The number of hydrogen-bond donors (Lipinski definition) is 1. The van der Waals surface area contributed by atoms with E-state index in [1.807, 2.05) is 30.6 Å². The second-order valence-corrected chi connectivity index (χ2v) is 5.32. The van der Waals surface area contributed by atoms with Gasteiger partial charge >= 0.3 is 0 Å². The van der Waals surface area contributed by atoms with E-state index in [9.17, 15) is 9.59 Å². The summed E-state index contributed by atoms with van der Waals surface area (Å²) in [5.74, 6) is -0.184. The topological polar surface area (TPSA) is 68.9 Å². The molecule has 1 N–H and O–H groups in total. The van der Waals surface area contributed by atoms with Gasteiger partial charge in [-0.1, -0.05) is 12.1 Å². The lowest BCUT2D eigenvalue weighted by Crippen LogP contribution is -2.33. The molecule has 0 aliphatic carbocycles. The molecule has 0 bridgehead atoms. The van der Waals surface area contributed by atoms with Crippen LogP contribution in [-0.2, 0) is 17.9 Å². The van der Waals surface area contributed by atoms with E-state index in [2.05, 4.69) is 14.9 Å². The van der Waals surface area contributed by atoms with Crippen LogP contribution < -0.4 is 10.9 Å². The number of nitrogens with zero attached hydrogens (tertiary/aromatic N) is 3. The number of hydrogen-bond acceptors (Lipinski definition) is 3. The smallest absolute Gasteiger partial charge is 0.261 e. The van der Waals surface area contributed by atoms with Gasteiger partial charge in [0.1, 0.15) is 6.54 Å². The third kappa shape index (κ3) is 3.66. The molecule has 3 rings (SSSR count). The number of fused-ring (bicyclic) bond motifs is 1. The molecule has 0 aliphatic rings. The van der Waals surface area contributed by atoms with Gasteiger partial charge in [-0.2, -0.15) is 0 Å². The molecule has 2 aromatic heterocycles. The van der Waals surface area contributed by atoms with Crippen LogP contribution >= 0.6 is 0 Å². The first-order valence-electron chi connectivity index (χ1n) is 7.56. The van der Waals surface area contributed by atoms with Gasteiger partial charge in [-0.3, -0.25) is 14.2 Å². The normalized spacial score (nSPS) is 10.8. The summed E-state index contributed by atoms with van der Waals surface area (Å²) in [6, 6.07) is 11.1. The summed E-state index contributed by atoms with van der Waals surface area (Å²) in [5, 5.41) is 3.35. The van der Waals surface area contributed by atoms with Crippen LogP contribution in [0.3, 0.4) is 0 Å². The van der Waals surface area contributed by atoms with Crippen LogP contribution in [0.15, 0.2) is 59.9 Å². The van der Waals surface area contributed by atoms with Crippen molar-refractivity contribution in [3.8, 4) is 0 Å². The zero-order valence-corrected chi connectivity index (χ0v) is 12.7. The van der Waals surface area contributed by atoms with Crippen LogP contribution in [0.1, 0.15) is 6.42 Å². The number of aryl methyl sites for hydroxylation is 1. The van der Waals surface area contributed by atoms with E-state index in [-0.39, 0.29) is 18.0 Å². The molecule has 0 saturated heterocycles. The summed E-state index contributed by atoms with van der Waals surface area (Å²) in [5.41, 5.74) is 0.443. The minimum absolute atomic E-state index is 0.0137. The van der Waals surface area contributed by atoms with Gasteiger partial charge in [-0.05, 0) is 30.7 Å². The fourth-order valence-electron chi connectivity index (χ4n) is 2.44. The third-order valence-corrected chi connectivity index (χ3v) is 3.63. The van der Waals surface area contributed by atoms with Gasteiger partial charge in [0.15, 0.2) is 0 Å². The lowest BCUT2D eigenvalue weighted by molar-refractivity contribution is -0.121. The molecule has 0 radical (unpaired) electrons. The second kappa shape index (κ2) is 6.91. The minimum atomic E-state index is -0.196. The van der Waals surface area contributed by atoms with Gasteiger partial charge in [-0.15, -0.1) is 0 Å². The molecule has 0 unspecified atom stereocenters. The van der Waals surface area contributed by atoms with Gasteiger partial charge in [-0.25, -0.2) is 4.98 Å². The Morgan fingerprint density at radius 1 is 1.13 bits per heavy atom. The first-order valence-corrected chi connectivity index (χ1v) is 7.56. The van der Waals surface area contributed by atoms with Gasteiger partial charge in [0.2, 0.25) is 5.91 Å². The average molecular weight is 310 g/mol. The fraction of sp³-hybridized carbons (Fsp3) is 0.235. The number of para-hydroxylation sites is 1. The maximum atomic E-state index is 12.3. The number of amides is 1. The molecule has 6 heteroatoms. The maximum absolute atomic E-state index is 12.3. The van der Waals surface area contributed by atoms with Crippen molar-refractivity contribution in [1.82, 2.24) is 19.4 Å². The molecule has 0 atom stereocenters. The van der Waals surface area contributed by atoms with Crippen molar-refractivity contribution in [3.05, 3.63) is 65.5 Å². The van der Waals surface area contributed by atoms with Gasteiger partial charge in [0, 0.05) is 25.5 Å². The minimum Gasteiger partial charge on any atom is -0.354 e. The SMILES string of the molecule is O=C(Cn1cnc2ccccc2c1=O)NCCCn1cccc1. The van der Waals surface area contributed by atoms with Crippen molar-refractivity contribution in [2.75, 3.05) is 6.54 Å². The van der Waals surface area contributed by atoms with Crippen LogP contribution in [-0.4, -0.2) is 26.6 Å². The van der Waals surface area contributed by atoms with E-state index < -0.39 is 0 Å². The number of carbonyl (C=O) groups excluding carboxylic acids is 1. The highest BCUT2D eigenvalue weighted by Crippen LogP contribution is 2.04. The first-order chi connectivity index (χ1) is 11.2. The van der Waals surface area contributed by atoms with Crippen LogP contribution in [0.5, 0.6) is 0 Å². The molecule has 0 aliphatic heterocycles. The summed E-state index contributed by atoms with van der Waals surface area (Å²) in [6.07, 6.45) is 6.24. The van der Waals surface area contributed by atoms with E-state index in [0.29, 0.717) is 17.4 Å². The molecule has 1 amide bonds. The van der Waals surface area contributed by atoms with Gasteiger partial charge in [0.25, 0.3) is 5.56 Å². The molecule has 0 spiro atoms. The summed E-state index contributed by atoms with van der Waals surface area (Å²) in [7, 11) is 0. The Hall–Kier alpha value is -2.89. The molecule has 0 fully saturated rings. The van der Waals surface area contributed by atoms with Crippen molar-refractivity contribution in [2.24, 2.45) is 0 Å². The molecule has 3 aromatic rings. The summed E-state index contributed by atoms with van der Waals surface area (Å²) >= 11 is 0. The standard InChI is InChI=1S/C17H18N4O2/c22-16(18-8-5-11-20-9-3-4-10-20)12-21-13-19-15-7-2-1-6-14(15)17(21)23/h1-4,6-7,9-10,13H,5,8,11-12H2,(H,18,22). The summed E-state index contributed by atoms with van der Waals surface area (Å²) in [4.78, 5) is 28.5. The Bertz CT molecular complexity index is 852. The highest BCUT2D eigenvalue weighted by molar-refractivity contribution is 5.78. The summed E-state index contributed by atoms with van der Waals surface area (Å²) in [6.45, 7) is 1.41. The zero-order chi connectivity index (χ0) is 16.1. The number of rotatable bonds is 6. The Kier molecular flexibility index (Phi) is 4.52. The lowest BCUT2D eigenvalue weighted by atomic mass is 10.2. The van der Waals surface area contributed by atoms with E-state index in [1.165, 1.54) is 10.9 Å². The lowest BCUT2D eigenvalue weighted by Gasteiger charge is -2.08. The van der Waals surface area contributed by atoms with E-state index in [0.717, 1.165) is 13.0 Å². The van der Waals surface area contributed by atoms with Crippen molar-refractivity contribution in [2.45, 2.75) is 19.5 Å². The molecular weight excluding hydrogens is 292 g/mol. The van der Waals surface area contributed by atoms with E-state index in [4.69, 9.17) is 0 Å². The fourth-order valence-corrected chi connectivity index (χ4v) is 2.44. The number of aromatic nitrogens is 3. The Morgan fingerprint density at radius 2 is 1.91 bits per heavy atom. The molecular formula is C17H18N4O2. The van der Waals surface area contributed by atoms with Crippen LogP contribution in [0.4, 0.5) is 0 Å². The van der Waals surface area contributed by atoms with Gasteiger partial charge in [0.05, 0.1) is 17.2 Å².